The van der Waals surface area contributed by atoms with Crippen LogP contribution in [0.4, 0.5) is 16.2 Å². The summed E-state index contributed by atoms with van der Waals surface area (Å²) in [6, 6.07) is 14.4. The second-order valence-corrected chi connectivity index (χ2v) is 8.65. The van der Waals surface area contributed by atoms with Gasteiger partial charge in [0.15, 0.2) is 0 Å². The van der Waals surface area contributed by atoms with Crippen LogP contribution in [0.5, 0.6) is 0 Å². The van der Waals surface area contributed by atoms with E-state index in [1.165, 1.54) is 0 Å². The molecule has 2 aromatic rings. The molecule has 5 N–H and O–H groups in total. The number of rotatable bonds is 6. The molecular formula is C27H39N3O5. The van der Waals surface area contributed by atoms with E-state index in [9.17, 15) is 19.2 Å². The fourth-order valence-electron chi connectivity index (χ4n) is 2.53. The summed E-state index contributed by atoms with van der Waals surface area (Å²) in [6.07, 6.45) is 0.314. The van der Waals surface area contributed by atoms with Crippen LogP contribution in [0.25, 0.3) is 0 Å². The average molecular weight is 486 g/mol. The number of nitrogens with one attached hydrogen (secondary N) is 1. The van der Waals surface area contributed by atoms with Gasteiger partial charge in [0, 0.05) is 36.1 Å². The van der Waals surface area contributed by atoms with Crippen LogP contribution < -0.4 is 16.8 Å². The zero-order valence-electron chi connectivity index (χ0n) is 20.5. The number of benzene rings is 2. The summed E-state index contributed by atoms with van der Waals surface area (Å²) in [5.41, 5.74) is 14.3. The third-order valence-electron chi connectivity index (χ3n) is 4.89. The van der Waals surface area contributed by atoms with Crippen molar-refractivity contribution in [2.75, 3.05) is 11.5 Å². The Hall–Kier alpha value is -3.68. The first-order chi connectivity index (χ1) is 15.9. The molecule has 1 fully saturated rings. The number of Topliss-reactive ketones (excluding diaryl/α,β-unsaturated/α-hetero) is 2. The van der Waals surface area contributed by atoms with Crippen LogP contribution in [0.2, 0.25) is 0 Å². The van der Waals surface area contributed by atoms with E-state index in [4.69, 9.17) is 11.5 Å². The Bertz CT molecular complexity index is 905. The summed E-state index contributed by atoms with van der Waals surface area (Å²) in [6.45, 7) is 9.22. The first kappa shape index (κ1) is 31.3. The third-order valence-corrected chi connectivity index (χ3v) is 4.89. The molecule has 0 saturated carbocycles. The second-order valence-electron chi connectivity index (χ2n) is 8.65. The molecule has 8 heteroatoms. The molecule has 1 aliphatic heterocycles. The standard InChI is InChI=1S/C16H22O2.C6H8N2.C4H5NO3.CH4/c1-11(2)15(17)9-13-5-7-14(8-6-13)10-16(18)12(3)4;7-5-1-2-6(8)4-3-5;1-2-3(6)8-4(7)5-2;/h5-8,11-12H,9-10H2,1-4H3;1-4H,7-8H2;2H,1H3,(H,5,7);1H4. The molecule has 0 aliphatic carbocycles. The number of cyclic esters (lactones) is 2. The number of hydrogen-bond acceptors (Lipinski definition) is 7. The van der Waals surface area contributed by atoms with Gasteiger partial charge in [-0.2, -0.15) is 0 Å². The topological polar surface area (TPSA) is 142 Å². The normalized spacial score (nSPS) is 14.0. The van der Waals surface area contributed by atoms with Crippen molar-refractivity contribution in [1.82, 2.24) is 5.32 Å². The van der Waals surface area contributed by atoms with Crippen LogP contribution in [-0.2, 0) is 32.0 Å². The predicted molar refractivity (Wildman–Crippen MR) is 140 cm³/mol. The molecule has 0 spiro atoms. The summed E-state index contributed by atoms with van der Waals surface area (Å²) in [5.74, 6) is 0.149. The maximum Gasteiger partial charge on any atom is 0.415 e. The smallest absolute Gasteiger partial charge is 0.399 e. The minimum Gasteiger partial charge on any atom is -0.399 e. The van der Waals surface area contributed by atoms with E-state index >= 15 is 0 Å². The summed E-state index contributed by atoms with van der Waals surface area (Å²) in [5, 5.41) is 2.26. The highest BCUT2D eigenvalue weighted by molar-refractivity contribution is 5.95. The highest BCUT2D eigenvalue weighted by atomic mass is 16.6. The largest absolute Gasteiger partial charge is 0.415 e. The zero-order valence-corrected chi connectivity index (χ0v) is 20.5. The Morgan fingerprint density at radius 2 is 1.14 bits per heavy atom. The van der Waals surface area contributed by atoms with Crippen LogP contribution >= 0.6 is 0 Å². The van der Waals surface area contributed by atoms with E-state index in [0.717, 1.165) is 22.5 Å². The van der Waals surface area contributed by atoms with Gasteiger partial charge in [-0.1, -0.05) is 59.4 Å². The van der Waals surface area contributed by atoms with E-state index in [0.29, 0.717) is 12.8 Å². The lowest BCUT2D eigenvalue weighted by Crippen LogP contribution is -2.24. The number of carbonyl (C=O) groups is 4. The number of carbonyl (C=O) groups excluding carboxylic acids is 4. The SMILES string of the molecule is C.CC(C)C(=O)Cc1ccc(CC(=O)C(C)C)cc1.CC1NC(=O)OC1=O.Nc1ccc(N)cc1. The summed E-state index contributed by atoms with van der Waals surface area (Å²) in [7, 11) is 0. The van der Waals surface area contributed by atoms with Gasteiger partial charge in [-0.3, -0.25) is 9.59 Å². The quantitative estimate of drug-likeness (QED) is 0.314. The van der Waals surface area contributed by atoms with Crippen molar-refractivity contribution >= 4 is 35.0 Å². The number of amides is 1. The highest BCUT2D eigenvalue weighted by Crippen LogP contribution is 2.11. The van der Waals surface area contributed by atoms with Crippen LogP contribution in [0.15, 0.2) is 48.5 Å². The molecule has 8 nitrogen and oxygen atoms in total. The number of alkyl carbamates (subject to hydrolysis) is 1. The highest BCUT2D eigenvalue weighted by Gasteiger charge is 2.27. The van der Waals surface area contributed by atoms with E-state index in [1.807, 2.05) is 52.0 Å². The molecule has 0 radical (unpaired) electrons. The number of nitrogen functional groups attached to an aromatic ring is 2. The van der Waals surface area contributed by atoms with E-state index in [-0.39, 0.29) is 30.8 Å². The van der Waals surface area contributed by atoms with Crippen LogP contribution in [-0.4, -0.2) is 29.7 Å². The molecular weight excluding hydrogens is 446 g/mol. The minimum atomic E-state index is -0.650. The van der Waals surface area contributed by atoms with Gasteiger partial charge in [0.2, 0.25) is 0 Å². The van der Waals surface area contributed by atoms with Crippen LogP contribution in [0, 0.1) is 11.8 Å². The fraction of sp³-hybridized carbons (Fsp3) is 0.407. The van der Waals surface area contributed by atoms with E-state index < -0.39 is 18.1 Å². The van der Waals surface area contributed by atoms with Crippen LogP contribution in [0.1, 0.15) is 53.2 Å². The molecule has 0 bridgehead atoms. The fourth-order valence-corrected chi connectivity index (χ4v) is 2.53. The maximum atomic E-state index is 11.6. The Balaban J connectivity index is 0.000000561. The molecule has 1 saturated heterocycles. The van der Waals surface area contributed by atoms with Gasteiger partial charge in [0.1, 0.15) is 17.6 Å². The van der Waals surface area contributed by atoms with Gasteiger partial charge in [-0.05, 0) is 42.3 Å². The molecule has 2 aromatic carbocycles. The van der Waals surface area contributed by atoms with Crippen molar-refractivity contribution in [3.05, 3.63) is 59.7 Å². The molecule has 192 valence electrons. The van der Waals surface area contributed by atoms with Crippen molar-refractivity contribution in [3.63, 3.8) is 0 Å². The Morgan fingerprint density at radius 1 is 0.800 bits per heavy atom. The summed E-state index contributed by atoms with van der Waals surface area (Å²) < 4.78 is 4.08. The number of ether oxygens (including phenoxy) is 1. The van der Waals surface area contributed by atoms with E-state index in [2.05, 4.69) is 10.1 Å². The number of anilines is 2. The summed E-state index contributed by atoms with van der Waals surface area (Å²) >= 11 is 0. The molecule has 1 atom stereocenters. The van der Waals surface area contributed by atoms with Crippen molar-refractivity contribution < 1.29 is 23.9 Å². The van der Waals surface area contributed by atoms with Crippen molar-refractivity contribution in [3.8, 4) is 0 Å². The number of hydrogen-bond donors (Lipinski definition) is 3. The van der Waals surface area contributed by atoms with Gasteiger partial charge in [0.05, 0.1) is 0 Å². The molecule has 1 amide bonds. The monoisotopic (exact) mass is 485 g/mol. The van der Waals surface area contributed by atoms with E-state index in [1.54, 1.807) is 31.2 Å². The zero-order chi connectivity index (χ0) is 25.8. The molecule has 1 aliphatic rings. The molecule has 1 unspecified atom stereocenters. The molecule has 1 heterocycles. The van der Waals surface area contributed by atoms with Gasteiger partial charge >= 0.3 is 12.1 Å². The van der Waals surface area contributed by atoms with Crippen molar-refractivity contribution in [2.24, 2.45) is 11.8 Å². The number of ketones is 2. The van der Waals surface area contributed by atoms with Gasteiger partial charge in [0.25, 0.3) is 0 Å². The van der Waals surface area contributed by atoms with Crippen LogP contribution in [0.3, 0.4) is 0 Å². The van der Waals surface area contributed by atoms with Crippen molar-refractivity contribution in [2.45, 2.75) is 60.9 Å². The lowest BCUT2D eigenvalue weighted by atomic mass is 9.97. The van der Waals surface area contributed by atoms with Gasteiger partial charge in [-0.25, -0.2) is 9.59 Å². The average Bonchev–Trinajstić information content (AvgIpc) is 3.07. The molecule has 35 heavy (non-hydrogen) atoms. The lowest BCUT2D eigenvalue weighted by molar-refractivity contribution is -0.135. The summed E-state index contributed by atoms with van der Waals surface area (Å²) in [4.78, 5) is 43.6. The second kappa shape index (κ2) is 15.3. The Morgan fingerprint density at radius 3 is 1.34 bits per heavy atom. The first-order valence-corrected chi connectivity index (χ1v) is 11.2. The Labute approximate surface area is 208 Å². The number of nitrogens with two attached hydrogens (primary N) is 2. The maximum absolute atomic E-state index is 11.6. The van der Waals surface area contributed by atoms with Crippen molar-refractivity contribution in [1.29, 1.82) is 0 Å². The van der Waals surface area contributed by atoms with Gasteiger partial charge < -0.3 is 21.5 Å². The number of esters is 1. The molecule has 3 rings (SSSR count). The predicted octanol–water partition coefficient (Wildman–Crippen LogP) is 4.35. The first-order valence-electron chi connectivity index (χ1n) is 11.2. The third kappa shape index (κ3) is 12.4. The lowest BCUT2D eigenvalue weighted by Gasteiger charge is -2.07. The minimum absolute atomic E-state index is 0. The Kier molecular flexibility index (Phi) is 13.7. The molecule has 0 aromatic heterocycles. The van der Waals surface area contributed by atoms with Gasteiger partial charge in [-0.15, -0.1) is 0 Å².